The van der Waals surface area contributed by atoms with Crippen LogP contribution in [0.15, 0.2) is 340 Å². The van der Waals surface area contributed by atoms with Crippen molar-refractivity contribution in [3.05, 3.63) is 340 Å². The van der Waals surface area contributed by atoms with Gasteiger partial charge in [-0.25, -0.2) is 24.9 Å². The molecule has 10 heterocycles. The molecule has 0 N–H and O–H groups in total. The van der Waals surface area contributed by atoms with Gasteiger partial charge in [-0.15, -0.1) is 0 Å². The molecule has 0 saturated carbocycles. The van der Waals surface area contributed by atoms with Crippen molar-refractivity contribution in [1.29, 1.82) is 0 Å². The van der Waals surface area contributed by atoms with Crippen molar-refractivity contribution in [3.63, 3.8) is 0 Å². The number of rotatable bonds is 8. The summed E-state index contributed by atoms with van der Waals surface area (Å²) in [6, 6.07) is 108. The number of hydrogen-bond donors (Lipinski definition) is 0. The molecule has 21 aromatic rings. The lowest BCUT2D eigenvalue weighted by Crippen LogP contribution is -1.91. The first-order chi connectivity index (χ1) is 51.4. The Hall–Kier alpha value is -14.2. The lowest BCUT2D eigenvalue weighted by Gasteiger charge is -2.13. The van der Waals surface area contributed by atoms with E-state index in [1.54, 1.807) is 0 Å². The van der Waals surface area contributed by atoms with Crippen molar-refractivity contribution in [2.45, 2.75) is 0 Å². The number of benzene rings is 11. The zero-order valence-electron chi connectivity index (χ0n) is 55.8. The molecule has 0 amide bonds. The molecule has 10 nitrogen and oxygen atoms in total. The van der Waals surface area contributed by atoms with Gasteiger partial charge in [-0.2, -0.15) is 0 Å². The second kappa shape index (κ2) is 24.9. The summed E-state index contributed by atoms with van der Waals surface area (Å²) >= 11 is 0. The molecule has 0 atom stereocenters. The molecule has 0 unspecified atom stereocenters. The maximum Gasteiger partial charge on any atom is 0.0972 e. The average molecular weight is 1330 g/mol. The van der Waals surface area contributed by atoms with Crippen molar-refractivity contribution in [1.82, 2.24) is 49.8 Å². The van der Waals surface area contributed by atoms with Crippen LogP contribution in [0.5, 0.6) is 0 Å². The Bertz CT molecular complexity index is 7080. The number of fused-ring (bicyclic) bond motifs is 13. The second-order valence-corrected chi connectivity index (χ2v) is 26.3. The highest BCUT2D eigenvalue weighted by Crippen LogP contribution is 2.40. The first kappa shape index (κ1) is 59.8. The Balaban J connectivity index is 0.000000139. The smallest absolute Gasteiger partial charge is 0.0972 e. The average Bonchev–Trinajstić information content (AvgIpc) is 0.772. The number of hydrogen-bond acceptors (Lipinski definition) is 10. The zero-order chi connectivity index (χ0) is 68.6. The van der Waals surface area contributed by atoms with Gasteiger partial charge >= 0.3 is 0 Å². The maximum atomic E-state index is 5.20. The third-order valence-electron chi connectivity index (χ3n) is 20.1. The van der Waals surface area contributed by atoms with E-state index in [-0.39, 0.29) is 0 Å². The van der Waals surface area contributed by atoms with E-state index in [0.29, 0.717) is 0 Å². The van der Waals surface area contributed by atoms with Crippen LogP contribution in [0, 0.1) is 0 Å². The molecule has 0 aliphatic rings. The van der Waals surface area contributed by atoms with Crippen LogP contribution in [-0.2, 0) is 0 Å². The number of pyridine rings is 10. The minimum Gasteiger partial charge on any atom is -0.256 e. The van der Waals surface area contributed by atoms with Crippen molar-refractivity contribution < 1.29 is 0 Å². The van der Waals surface area contributed by atoms with Gasteiger partial charge in [0.15, 0.2) is 0 Å². The van der Waals surface area contributed by atoms with Gasteiger partial charge in [-0.05, 0) is 141 Å². The minimum atomic E-state index is 0.897. The van der Waals surface area contributed by atoms with E-state index in [2.05, 4.69) is 286 Å². The van der Waals surface area contributed by atoms with Gasteiger partial charge in [0.1, 0.15) is 0 Å². The maximum absolute atomic E-state index is 5.20. The fourth-order valence-electron chi connectivity index (χ4n) is 14.7. The van der Waals surface area contributed by atoms with Crippen LogP contribution in [0.2, 0.25) is 0 Å². The van der Waals surface area contributed by atoms with Gasteiger partial charge in [0.25, 0.3) is 0 Å². The molecule has 0 fully saturated rings. The van der Waals surface area contributed by atoms with Crippen molar-refractivity contribution in [2.75, 3.05) is 0 Å². The summed E-state index contributed by atoms with van der Waals surface area (Å²) in [6.45, 7) is 0. The third-order valence-corrected chi connectivity index (χ3v) is 20.1. The van der Waals surface area contributed by atoms with Gasteiger partial charge < -0.3 is 0 Å². The molecule has 104 heavy (non-hydrogen) atoms. The van der Waals surface area contributed by atoms with Crippen molar-refractivity contribution >= 4 is 120 Å². The highest BCUT2D eigenvalue weighted by atomic mass is 14.8. The number of nitrogens with zero attached hydrogens (tertiary/aromatic N) is 10. The minimum absolute atomic E-state index is 0.897. The Morgan fingerprint density at radius 1 is 0.163 bits per heavy atom. The third kappa shape index (κ3) is 10.9. The van der Waals surface area contributed by atoms with Crippen LogP contribution in [0.1, 0.15) is 0 Å². The van der Waals surface area contributed by atoms with Crippen LogP contribution in [0.4, 0.5) is 0 Å². The van der Waals surface area contributed by atoms with Gasteiger partial charge in [-0.1, -0.05) is 212 Å². The molecule has 0 spiro atoms. The largest absolute Gasteiger partial charge is 0.256 e. The molecule has 21 rings (SSSR count). The summed E-state index contributed by atoms with van der Waals surface area (Å²) in [6.07, 6.45) is 9.34. The fourth-order valence-corrected chi connectivity index (χ4v) is 14.7. The fraction of sp³-hybridized carbons (Fsp3) is 0. The Morgan fingerprint density at radius 3 is 1.13 bits per heavy atom. The summed E-state index contributed by atoms with van der Waals surface area (Å²) < 4.78 is 0. The van der Waals surface area contributed by atoms with E-state index in [9.17, 15) is 0 Å². The Kier molecular flexibility index (Phi) is 14.3. The predicted molar refractivity (Wildman–Crippen MR) is 427 cm³/mol. The highest BCUT2D eigenvalue weighted by molar-refractivity contribution is 6.10. The van der Waals surface area contributed by atoms with E-state index < -0.39 is 0 Å². The monoisotopic (exact) mass is 1320 g/mol. The zero-order valence-corrected chi connectivity index (χ0v) is 55.8. The summed E-state index contributed by atoms with van der Waals surface area (Å²) in [4.78, 5) is 48.9. The van der Waals surface area contributed by atoms with Crippen LogP contribution in [-0.4, -0.2) is 49.8 Å². The predicted octanol–water partition coefficient (Wildman–Crippen LogP) is 23.3. The normalized spacial score (nSPS) is 11.7. The van der Waals surface area contributed by atoms with Crippen LogP contribution in [0.3, 0.4) is 0 Å². The number of para-hydroxylation sites is 2. The molecule has 482 valence electrons. The van der Waals surface area contributed by atoms with Crippen LogP contribution >= 0.6 is 0 Å². The molecular formula is C94H56N10. The van der Waals surface area contributed by atoms with E-state index in [0.717, 1.165) is 204 Å². The topological polar surface area (TPSA) is 129 Å². The molecular weight excluding hydrogens is 1270 g/mol. The standard InChI is InChI=1S/C49H29N5.C45H27N5/c1-4-10-42-35(6-1)26-37(29-51-42)44-23-18-31-12-16-36(28-47(31)53-44)43-22-17-30-11-15-34(27-46(30)52-43)38-20-21-41(40-9-3-2-8-39(38)40)45-24-19-33-14-13-32-7-5-25-50-48(32)49(33)54-45;1-2-6-39-34(4-1)24-36(27-48-39)41-20-17-31-12-14-35(26-43(31)50-41)40-19-16-30-11-13-33(25-42(30)49-40)28-7-9-29(10-8-28)37-21-23-47-45-38(37)18-15-32-5-3-22-46-44(32)45/h1-29H;1-27H. The molecule has 11 aromatic carbocycles. The van der Waals surface area contributed by atoms with Crippen molar-refractivity contribution in [3.8, 4) is 89.7 Å². The second-order valence-electron chi connectivity index (χ2n) is 26.3. The molecule has 0 aliphatic heterocycles. The molecule has 0 aliphatic carbocycles. The molecule has 10 heteroatoms. The summed E-state index contributed by atoms with van der Waals surface area (Å²) in [7, 11) is 0. The number of aromatic nitrogens is 10. The molecule has 10 aromatic heterocycles. The van der Waals surface area contributed by atoms with Crippen molar-refractivity contribution in [2.24, 2.45) is 0 Å². The first-order valence-electron chi connectivity index (χ1n) is 34.7. The van der Waals surface area contributed by atoms with Gasteiger partial charge in [-0.3, -0.25) is 24.9 Å². The van der Waals surface area contributed by atoms with Crippen LogP contribution < -0.4 is 0 Å². The summed E-state index contributed by atoms with van der Waals surface area (Å²) in [5.74, 6) is 0. The molecule has 0 saturated heterocycles. The quantitative estimate of drug-likeness (QED) is 0.136. The SMILES string of the molecule is c1ccc2ncc(-c3ccc4ccc(-c5ccc6ccc(-c7ccc(-c8ccc9ccc%10cccnc%10c9n8)c8ccccc78)cc6n5)cc4n3)cc2c1.c1ccc2ncc(-c3ccc4ccc(-c5ccc6ccc(-c7ccc(-c8ccnc9c8ccc8cccnc89)cc7)cc6n5)cc4n3)cc2c1. The van der Waals surface area contributed by atoms with Crippen LogP contribution in [0.25, 0.3) is 209 Å². The Morgan fingerprint density at radius 2 is 0.548 bits per heavy atom. The molecule has 0 radical (unpaired) electrons. The van der Waals surface area contributed by atoms with E-state index >= 15 is 0 Å². The highest BCUT2D eigenvalue weighted by Gasteiger charge is 2.17. The summed E-state index contributed by atoms with van der Waals surface area (Å²) in [5.41, 5.74) is 25.9. The Labute approximate surface area is 596 Å². The van der Waals surface area contributed by atoms with E-state index in [1.807, 2.05) is 79.5 Å². The van der Waals surface area contributed by atoms with Gasteiger partial charge in [0.2, 0.25) is 0 Å². The summed E-state index contributed by atoms with van der Waals surface area (Å²) in [5, 5.41) is 13.2. The first-order valence-corrected chi connectivity index (χ1v) is 34.7. The lowest BCUT2D eigenvalue weighted by molar-refractivity contribution is 1.35. The lowest BCUT2D eigenvalue weighted by atomic mass is 9.93. The van der Waals surface area contributed by atoms with Gasteiger partial charge in [0.05, 0.1) is 83.6 Å². The van der Waals surface area contributed by atoms with E-state index in [1.165, 1.54) is 5.39 Å². The molecule has 0 bridgehead atoms. The van der Waals surface area contributed by atoms with E-state index in [4.69, 9.17) is 24.9 Å². The van der Waals surface area contributed by atoms with Gasteiger partial charge in [0, 0.05) is 113 Å².